The molecular formula is C58H87N13O13. The van der Waals surface area contributed by atoms with E-state index in [9.17, 15) is 62.6 Å². The molecular weight excluding hydrogens is 1090 g/mol. The molecule has 0 fully saturated rings. The van der Waals surface area contributed by atoms with Crippen molar-refractivity contribution >= 4 is 81.9 Å². The van der Waals surface area contributed by atoms with Crippen LogP contribution in [0.1, 0.15) is 124 Å². The first-order chi connectivity index (χ1) is 39.6. The first kappa shape index (κ1) is 69.8. The van der Waals surface area contributed by atoms with Crippen LogP contribution in [0.3, 0.4) is 0 Å². The highest BCUT2D eigenvalue weighted by molar-refractivity contribution is 5.99. The van der Waals surface area contributed by atoms with Gasteiger partial charge in [0.15, 0.2) is 0 Å². The lowest BCUT2D eigenvalue weighted by molar-refractivity contribution is -0.139. The van der Waals surface area contributed by atoms with Crippen LogP contribution in [0.25, 0.3) is 10.9 Å². The van der Waals surface area contributed by atoms with Gasteiger partial charge in [0, 0.05) is 43.3 Å². The molecule has 26 nitrogen and oxygen atoms in total. The normalized spacial score (nSPS) is 14.8. The topological polar surface area (TPSA) is 427 Å². The zero-order valence-electron chi connectivity index (χ0n) is 49.3. The summed E-state index contributed by atoms with van der Waals surface area (Å²) in [5.74, 6) is -11.4. The number of para-hydroxylation sites is 1. The van der Waals surface area contributed by atoms with Crippen molar-refractivity contribution in [3.8, 4) is 0 Å². The van der Waals surface area contributed by atoms with Gasteiger partial charge in [0.2, 0.25) is 65.0 Å². The van der Waals surface area contributed by atoms with E-state index in [4.69, 9.17) is 17.2 Å². The van der Waals surface area contributed by atoms with Gasteiger partial charge in [0.25, 0.3) is 0 Å². The van der Waals surface area contributed by atoms with E-state index in [1.54, 1.807) is 88.5 Å². The van der Waals surface area contributed by atoms with Gasteiger partial charge in [-0.3, -0.25) is 57.5 Å². The lowest BCUT2D eigenvalue weighted by Crippen LogP contribution is -2.61. The van der Waals surface area contributed by atoms with E-state index in [1.807, 2.05) is 13.8 Å². The van der Waals surface area contributed by atoms with Crippen molar-refractivity contribution in [3.63, 3.8) is 0 Å². The van der Waals surface area contributed by atoms with Crippen molar-refractivity contribution < 1.29 is 62.6 Å². The number of fused-ring (bicyclic) bond motifs is 1. The van der Waals surface area contributed by atoms with Gasteiger partial charge in [-0.15, -0.1) is 0 Å². The second-order valence-electron chi connectivity index (χ2n) is 22.0. The zero-order chi connectivity index (χ0) is 62.8. The summed E-state index contributed by atoms with van der Waals surface area (Å²) in [6.07, 6.45) is 0.860. The number of carbonyl (C=O) groups excluding carboxylic acids is 11. The summed E-state index contributed by atoms with van der Waals surface area (Å²) in [5.41, 5.74) is 18.3. The van der Waals surface area contributed by atoms with E-state index in [0.29, 0.717) is 41.3 Å². The van der Waals surface area contributed by atoms with Gasteiger partial charge in [-0.25, -0.2) is 0 Å². The summed E-state index contributed by atoms with van der Waals surface area (Å²) in [6, 6.07) is 3.58. The highest BCUT2D eigenvalue weighted by Gasteiger charge is 2.37. The maximum Gasteiger partial charge on any atom is 0.303 e. The minimum Gasteiger partial charge on any atom is -0.481 e. The molecule has 10 atom stereocenters. The van der Waals surface area contributed by atoms with Crippen LogP contribution in [0.15, 0.2) is 60.8 Å². The number of carbonyl (C=O) groups is 12. The number of H-pyrrole nitrogens is 1. The molecule has 0 radical (unpaired) electrons. The van der Waals surface area contributed by atoms with Crippen molar-refractivity contribution in [2.45, 2.75) is 180 Å². The van der Waals surface area contributed by atoms with Crippen LogP contribution in [0, 0.1) is 17.8 Å². The molecule has 2 aromatic carbocycles. The standard InChI is InChI=1S/C58H87N13O13/c1-9-33(6)49(71-57(83)44(27-36-17-11-10-12-18-36)68-54(80)42(25-31(2)3)64-35(8)72)58(84)66-41(22-23-48(74)75)52(78)69-45(28-37-30-62-39-20-14-13-19-38(37)39)56(82)67-43(26-32(4)5)55(81)65-40(21-15-16-24-59)51(77)70-46(29-47(60)73)53(79)63-34(7)50(61)76/h10-14,17-20,30-34,40-46,49,62H,9,15-16,21-29,59H2,1-8H3,(H2,60,73)(H2,61,76)(H,63,79)(H,64,72)(H,65,81)(H,66,84)(H,67,82)(H,68,80)(H,69,78)(H,70,77)(H,71,83)(H,74,75)/t33-,34+,40-,41-,42-,43-,44-,45-,46-,49?/m0/s1. The second-order valence-corrected chi connectivity index (χ2v) is 22.0. The first-order valence-corrected chi connectivity index (χ1v) is 28.4. The molecule has 1 unspecified atom stereocenters. The summed E-state index contributed by atoms with van der Waals surface area (Å²) in [5, 5.41) is 34.1. The molecule has 0 saturated heterocycles. The third-order valence-corrected chi connectivity index (χ3v) is 13.9. The number of carboxylic acid groups (broad SMARTS) is 1. The summed E-state index contributed by atoms with van der Waals surface area (Å²) in [6.45, 7) is 13.5. The second kappa shape index (κ2) is 34.9. The van der Waals surface area contributed by atoms with Crippen molar-refractivity contribution in [2.75, 3.05) is 6.54 Å². The molecule has 0 aliphatic carbocycles. The van der Waals surface area contributed by atoms with E-state index in [0.717, 1.165) is 0 Å². The molecule has 3 rings (SSSR count). The summed E-state index contributed by atoms with van der Waals surface area (Å²) in [4.78, 5) is 165. The third kappa shape index (κ3) is 23.8. The lowest BCUT2D eigenvalue weighted by atomic mass is 9.96. The molecule has 0 aliphatic heterocycles. The molecule has 1 aromatic heterocycles. The molecule has 0 saturated carbocycles. The molecule has 3 aromatic rings. The molecule has 84 heavy (non-hydrogen) atoms. The predicted octanol–water partition coefficient (Wildman–Crippen LogP) is -0.151. The zero-order valence-corrected chi connectivity index (χ0v) is 49.3. The number of carboxylic acids is 1. The Morgan fingerprint density at radius 3 is 1.56 bits per heavy atom. The summed E-state index contributed by atoms with van der Waals surface area (Å²) >= 11 is 0. The number of benzene rings is 2. The fraction of sp³-hybridized carbons (Fsp3) is 0.552. The van der Waals surface area contributed by atoms with Crippen LogP contribution in [-0.4, -0.2) is 142 Å². The molecule has 462 valence electrons. The van der Waals surface area contributed by atoms with Gasteiger partial charge in [-0.2, -0.15) is 0 Å². The molecule has 0 spiro atoms. The Morgan fingerprint density at radius 2 is 1.01 bits per heavy atom. The van der Waals surface area contributed by atoms with Gasteiger partial charge in [-0.05, 0) is 86.9 Å². The monoisotopic (exact) mass is 1170 g/mol. The number of nitrogens with two attached hydrogens (primary N) is 3. The Kier molecular flexibility index (Phi) is 29.0. The Hall–Kier alpha value is -8.42. The van der Waals surface area contributed by atoms with Crippen LogP contribution in [-0.2, 0) is 70.4 Å². The lowest BCUT2D eigenvalue weighted by Gasteiger charge is -2.30. The largest absolute Gasteiger partial charge is 0.481 e. The van der Waals surface area contributed by atoms with Crippen LogP contribution in [0.5, 0.6) is 0 Å². The highest BCUT2D eigenvalue weighted by Crippen LogP contribution is 2.21. The van der Waals surface area contributed by atoms with Gasteiger partial charge < -0.3 is 75.1 Å². The van der Waals surface area contributed by atoms with E-state index >= 15 is 0 Å². The number of rotatable bonds is 37. The van der Waals surface area contributed by atoms with Crippen molar-refractivity contribution in [1.29, 1.82) is 0 Å². The van der Waals surface area contributed by atoms with E-state index in [1.165, 1.54) is 13.8 Å². The smallest absolute Gasteiger partial charge is 0.303 e. The third-order valence-electron chi connectivity index (χ3n) is 13.9. The van der Waals surface area contributed by atoms with Crippen molar-refractivity contribution in [1.82, 2.24) is 52.8 Å². The van der Waals surface area contributed by atoms with Crippen LogP contribution < -0.4 is 65.1 Å². The summed E-state index contributed by atoms with van der Waals surface area (Å²) < 4.78 is 0. The molecule has 1 heterocycles. The number of aliphatic carboxylic acids is 1. The number of nitrogens with one attached hydrogen (secondary N) is 10. The van der Waals surface area contributed by atoms with Crippen LogP contribution >= 0.6 is 0 Å². The number of unbranched alkanes of at least 4 members (excludes halogenated alkanes) is 1. The SMILES string of the molecule is CC[C@H](C)C(NC(=O)[C@H](Cc1ccccc1)NC(=O)[C@H](CC(C)C)NC(C)=O)C(=O)N[C@@H](CCC(=O)O)C(=O)N[C@@H](Cc1c[nH]c2ccccc12)C(=O)N[C@@H](CC(C)C)C(=O)N[C@@H](CCCCN)C(=O)N[C@@H](CC(N)=O)C(=O)N[C@H](C)C(N)=O. The fourth-order valence-corrected chi connectivity index (χ4v) is 9.11. The van der Waals surface area contributed by atoms with Crippen molar-refractivity contribution in [2.24, 2.45) is 35.0 Å². The van der Waals surface area contributed by atoms with Crippen LogP contribution in [0.4, 0.5) is 0 Å². The average Bonchev–Trinajstić information content (AvgIpc) is 3.83. The minimum atomic E-state index is -1.63. The van der Waals surface area contributed by atoms with Crippen LogP contribution in [0.2, 0.25) is 0 Å². The molecule has 0 aliphatic rings. The Morgan fingerprint density at radius 1 is 0.536 bits per heavy atom. The molecule has 17 N–H and O–H groups in total. The molecule has 0 bridgehead atoms. The maximum absolute atomic E-state index is 14.8. The molecule has 26 heteroatoms. The van der Waals surface area contributed by atoms with E-state index < -0.39 is 151 Å². The molecule has 11 amide bonds. The minimum absolute atomic E-state index is 0.0100. The number of amides is 11. The number of hydrogen-bond donors (Lipinski definition) is 14. The average molecular weight is 1170 g/mol. The number of primary amides is 2. The number of hydrogen-bond acceptors (Lipinski definition) is 13. The van der Waals surface area contributed by atoms with E-state index in [-0.39, 0.29) is 50.5 Å². The van der Waals surface area contributed by atoms with Crippen molar-refractivity contribution in [3.05, 3.63) is 71.9 Å². The Balaban J connectivity index is 2.04. The van der Waals surface area contributed by atoms with E-state index in [2.05, 4.69) is 52.8 Å². The van der Waals surface area contributed by atoms with Gasteiger partial charge in [0.1, 0.15) is 54.4 Å². The predicted molar refractivity (Wildman–Crippen MR) is 312 cm³/mol. The van der Waals surface area contributed by atoms with Gasteiger partial charge >= 0.3 is 5.97 Å². The maximum atomic E-state index is 14.8. The first-order valence-electron chi connectivity index (χ1n) is 28.4. The highest BCUT2D eigenvalue weighted by atomic mass is 16.4. The number of aromatic nitrogens is 1. The van der Waals surface area contributed by atoms with Gasteiger partial charge in [0.05, 0.1) is 6.42 Å². The quantitative estimate of drug-likeness (QED) is 0.0334. The Bertz CT molecular complexity index is 2750. The van der Waals surface area contributed by atoms with Gasteiger partial charge in [-0.1, -0.05) is 96.5 Å². The number of aromatic amines is 1. The fourth-order valence-electron chi connectivity index (χ4n) is 9.11. The Labute approximate surface area is 489 Å². The summed E-state index contributed by atoms with van der Waals surface area (Å²) in [7, 11) is 0.